The van der Waals surface area contributed by atoms with Crippen LogP contribution in [0.1, 0.15) is 48.6 Å². The van der Waals surface area contributed by atoms with Crippen LogP contribution in [0, 0.1) is 19.9 Å². The summed E-state index contributed by atoms with van der Waals surface area (Å²) in [6.45, 7) is 11.1. The Hall–Kier alpha value is -6.35. The number of phenols is 1. The zero-order valence-electron chi connectivity index (χ0n) is 35.0. The minimum absolute atomic E-state index is 0. The topological polar surface area (TPSA) is 50.9 Å². The van der Waals surface area contributed by atoms with Gasteiger partial charge >= 0.3 is 0 Å². The molecule has 2 heterocycles. The van der Waals surface area contributed by atoms with E-state index >= 15 is 0 Å². The van der Waals surface area contributed by atoms with Crippen molar-refractivity contribution in [2.24, 2.45) is 0 Å². The van der Waals surface area contributed by atoms with E-state index in [2.05, 4.69) is 179 Å². The summed E-state index contributed by atoms with van der Waals surface area (Å²) in [6, 6.07) is 59.3. The molecule has 0 bridgehead atoms. The molecule has 61 heavy (non-hydrogen) atoms. The third-order valence-corrected chi connectivity index (χ3v) is 12.2. The van der Waals surface area contributed by atoms with Gasteiger partial charge in [-0.25, -0.2) is 9.97 Å². The molecule has 4 nitrogen and oxygen atoms in total. The van der Waals surface area contributed by atoms with Crippen LogP contribution < -0.4 is 0 Å². The average Bonchev–Trinajstić information content (AvgIpc) is 3.65. The van der Waals surface area contributed by atoms with E-state index in [0.29, 0.717) is 0 Å². The molecule has 2 aromatic heterocycles. The number of aromatic hydroxyl groups is 1. The molecule has 0 spiro atoms. The number of aromatic nitrogens is 3. The number of para-hydroxylation sites is 1. The van der Waals surface area contributed by atoms with Gasteiger partial charge in [-0.3, -0.25) is 4.57 Å². The van der Waals surface area contributed by atoms with Gasteiger partial charge in [0.15, 0.2) is 5.82 Å². The Morgan fingerprint density at radius 2 is 1.28 bits per heavy atom. The summed E-state index contributed by atoms with van der Waals surface area (Å²) in [4.78, 5) is 11.1. The summed E-state index contributed by atoms with van der Waals surface area (Å²) in [6.07, 6.45) is 1.73. The van der Waals surface area contributed by atoms with Gasteiger partial charge in [-0.15, -0.1) is 35.9 Å². The number of imidazole rings is 1. The van der Waals surface area contributed by atoms with Crippen molar-refractivity contribution >= 4 is 11.0 Å². The van der Waals surface area contributed by atoms with Crippen molar-refractivity contribution < 1.29 is 26.2 Å². The second kappa shape index (κ2) is 15.9. The van der Waals surface area contributed by atoms with Crippen molar-refractivity contribution in [2.75, 3.05) is 0 Å². The maximum atomic E-state index is 11.2. The number of phenolic OH excluding ortho intramolecular Hbond substituents is 1. The van der Waals surface area contributed by atoms with Gasteiger partial charge < -0.3 is 5.11 Å². The molecule has 10 rings (SSSR count). The van der Waals surface area contributed by atoms with E-state index in [1.807, 2.05) is 18.2 Å². The minimum atomic E-state index is -0.0151. The van der Waals surface area contributed by atoms with Crippen LogP contribution in [-0.2, 0) is 39.3 Å². The van der Waals surface area contributed by atoms with E-state index in [4.69, 9.17) is 9.97 Å². The molecule has 1 N–H and O–H groups in total. The number of fused-ring (bicyclic) bond motifs is 4. The largest absolute Gasteiger partial charge is 0.507 e. The van der Waals surface area contributed by atoms with Gasteiger partial charge in [0.05, 0.1) is 22.4 Å². The maximum Gasteiger partial charge on any atom is 0.163 e. The van der Waals surface area contributed by atoms with Crippen LogP contribution in [0.4, 0.5) is 0 Å². The first-order valence-electron chi connectivity index (χ1n) is 20.9. The Balaban J connectivity index is 0.00000476. The predicted octanol–water partition coefficient (Wildman–Crippen LogP) is 13.9. The van der Waals surface area contributed by atoms with Gasteiger partial charge in [-0.1, -0.05) is 142 Å². The number of hydrogen-bond acceptors (Lipinski definition) is 3. The molecular weight excluding hydrogens is 926 g/mol. The fraction of sp³-hybridized carbons (Fsp3) is 0.143. The normalized spacial score (nSPS) is 12.1. The van der Waals surface area contributed by atoms with Crippen molar-refractivity contribution in [1.29, 1.82) is 0 Å². The quantitative estimate of drug-likeness (QED) is 0.169. The molecule has 1 aliphatic carbocycles. The molecule has 0 radical (unpaired) electrons. The first kappa shape index (κ1) is 40.1. The molecule has 0 amide bonds. The van der Waals surface area contributed by atoms with Crippen LogP contribution in [0.25, 0.3) is 84.0 Å². The summed E-state index contributed by atoms with van der Waals surface area (Å²) in [5, 5.41) is 11.2. The molecular formula is C56H46N3OPt-. The van der Waals surface area contributed by atoms with E-state index in [-0.39, 0.29) is 32.2 Å². The summed E-state index contributed by atoms with van der Waals surface area (Å²) in [7, 11) is 0. The van der Waals surface area contributed by atoms with Crippen molar-refractivity contribution in [3.63, 3.8) is 0 Å². The Morgan fingerprint density at radius 1 is 0.590 bits per heavy atom. The second-order valence-corrected chi connectivity index (χ2v) is 17.1. The Labute approximate surface area is 372 Å². The van der Waals surface area contributed by atoms with Gasteiger partial charge in [0.1, 0.15) is 11.4 Å². The number of rotatable bonds is 6. The van der Waals surface area contributed by atoms with E-state index in [1.54, 1.807) is 6.07 Å². The molecule has 0 saturated carbocycles. The average molecular weight is 972 g/mol. The fourth-order valence-corrected chi connectivity index (χ4v) is 9.19. The summed E-state index contributed by atoms with van der Waals surface area (Å²) < 4.78 is 2.30. The zero-order chi connectivity index (χ0) is 41.1. The Morgan fingerprint density at radius 3 is 2.03 bits per heavy atom. The third-order valence-electron chi connectivity index (χ3n) is 12.2. The second-order valence-electron chi connectivity index (χ2n) is 17.1. The van der Waals surface area contributed by atoms with E-state index < -0.39 is 0 Å². The van der Waals surface area contributed by atoms with Crippen LogP contribution in [0.3, 0.4) is 0 Å². The molecule has 0 atom stereocenters. The van der Waals surface area contributed by atoms with E-state index in [0.717, 1.165) is 114 Å². The van der Waals surface area contributed by atoms with E-state index in [1.165, 1.54) is 11.1 Å². The van der Waals surface area contributed by atoms with E-state index in [9.17, 15) is 5.11 Å². The monoisotopic (exact) mass is 971 g/mol. The first-order valence-corrected chi connectivity index (χ1v) is 20.9. The maximum absolute atomic E-state index is 11.2. The molecule has 0 saturated heterocycles. The summed E-state index contributed by atoms with van der Waals surface area (Å²) in [5.41, 5.74) is 19.9. The molecule has 9 aromatic rings. The minimum Gasteiger partial charge on any atom is -0.507 e. The number of nitrogens with zero attached hydrogens (tertiary/aromatic N) is 3. The van der Waals surface area contributed by atoms with Gasteiger partial charge in [0.2, 0.25) is 0 Å². The van der Waals surface area contributed by atoms with Crippen LogP contribution in [0.5, 0.6) is 5.75 Å². The SMILES string of the molecule is Cc1cccc(C)c1-n1c(-c2ccc3c(n2)-c2c(O)cccc2CC3)nc2c(-c3[c-]cccc3)c(-c3c(-c4ccccc4)cccc3-c3cccc(C(C)(C)C)c3)ccc21.[Pt]. The van der Waals surface area contributed by atoms with Crippen molar-refractivity contribution in [3.8, 4) is 78.7 Å². The molecule has 1 aliphatic rings. The van der Waals surface area contributed by atoms with Crippen LogP contribution in [0.15, 0.2) is 158 Å². The van der Waals surface area contributed by atoms with Crippen LogP contribution in [-0.4, -0.2) is 19.6 Å². The Bertz CT molecular complexity index is 3080. The Kier molecular flexibility index (Phi) is 10.5. The predicted molar refractivity (Wildman–Crippen MR) is 248 cm³/mol. The molecule has 302 valence electrons. The van der Waals surface area contributed by atoms with Crippen molar-refractivity contribution in [2.45, 2.75) is 52.9 Å². The third kappa shape index (κ3) is 7.03. The number of benzene rings is 7. The first-order chi connectivity index (χ1) is 29.2. The van der Waals surface area contributed by atoms with Gasteiger partial charge in [0, 0.05) is 26.6 Å². The summed E-state index contributed by atoms with van der Waals surface area (Å²) >= 11 is 0. The molecule has 0 unspecified atom stereocenters. The summed E-state index contributed by atoms with van der Waals surface area (Å²) in [5.74, 6) is 1.00. The van der Waals surface area contributed by atoms with Gasteiger partial charge in [-0.2, -0.15) is 0 Å². The number of aryl methyl sites for hydroxylation is 4. The number of hydrogen-bond donors (Lipinski definition) is 1. The van der Waals surface area contributed by atoms with Crippen molar-refractivity contribution in [3.05, 3.63) is 192 Å². The molecule has 0 fully saturated rings. The number of pyridine rings is 1. The van der Waals surface area contributed by atoms with Crippen LogP contribution >= 0.6 is 0 Å². The molecule has 5 heteroatoms. The van der Waals surface area contributed by atoms with Crippen molar-refractivity contribution in [1.82, 2.24) is 14.5 Å². The molecule has 0 aliphatic heterocycles. The van der Waals surface area contributed by atoms with Gasteiger partial charge in [0.25, 0.3) is 0 Å². The molecule has 7 aromatic carbocycles. The standard InChI is InChI=1S/C56H46N3O.Pt/c1-35-16-12-17-36(2)54(35)59-47-33-31-45(51-43(37-18-8-6-9-19-37)25-15-26-44(51)41-23-13-24-42(34-41)56(3,4)5)49(38-20-10-7-11-21-38)53(47)58-55(59)46-32-30-40-29-28-39-22-14-27-48(60)50(39)52(40)57-46;/h6-20,22-27,30-34,60H,28-29H2,1-5H3;/q-1;. The fourth-order valence-electron chi connectivity index (χ4n) is 9.19. The smallest absolute Gasteiger partial charge is 0.163 e. The van der Waals surface area contributed by atoms with Gasteiger partial charge in [-0.05, 0) is 112 Å². The van der Waals surface area contributed by atoms with Crippen LogP contribution in [0.2, 0.25) is 0 Å². The zero-order valence-corrected chi connectivity index (χ0v) is 37.3.